The lowest BCUT2D eigenvalue weighted by Gasteiger charge is -2.08. The van der Waals surface area contributed by atoms with Gasteiger partial charge in [0, 0.05) is 19.2 Å². The number of sulfonamides is 1. The van der Waals surface area contributed by atoms with Crippen LogP contribution in [-0.4, -0.2) is 30.4 Å². The molecule has 0 saturated carbocycles. The van der Waals surface area contributed by atoms with Gasteiger partial charge in [0.25, 0.3) is 5.89 Å². The molecule has 2 aromatic heterocycles. The summed E-state index contributed by atoms with van der Waals surface area (Å²) in [5.41, 5.74) is 2.28. The van der Waals surface area contributed by atoms with Crippen molar-refractivity contribution in [3.63, 3.8) is 0 Å². The van der Waals surface area contributed by atoms with Gasteiger partial charge in [0.05, 0.1) is 0 Å². The van der Waals surface area contributed by atoms with Gasteiger partial charge in [-0.25, -0.2) is 13.1 Å². The van der Waals surface area contributed by atoms with Crippen LogP contribution in [0.3, 0.4) is 0 Å². The third-order valence-electron chi connectivity index (χ3n) is 4.28. The van der Waals surface area contributed by atoms with Gasteiger partial charge in [0.2, 0.25) is 22.7 Å². The third kappa shape index (κ3) is 3.17. The fraction of sp³-hybridized carbons (Fsp3) is 0.294. The molecular formula is C17H18N4O5S. The van der Waals surface area contributed by atoms with E-state index >= 15 is 0 Å². The fourth-order valence-corrected chi connectivity index (χ4v) is 4.51. The zero-order valence-corrected chi connectivity index (χ0v) is 15.8. The number of aromatic nitrogens is 3. The molecule has 0 aliphatic carbocycles. The van der Waals surface area contributed by atoms with E-state index in [1.54, 1.807) is 39.0 Å². The molecule has 0 atom stereocenters. The molecule has 0 saturated heterocycles. The molecule has 1 aliphatic rings. The van der Waals surface area contributed by atoms with Crippen LogP contribution in [0.4, 0.5) is 0 Å². The molecule has 3 heterocycles. The van der Waals surface area contributed by atoms with Crippen molar-refractivity contribution in [3.05, 3.63) is 40.9 Å². The summed E-state index contributed by atoms with van der Waals surface area (Å²) in [6.07, 6.45) is 0. The monoisotopic (exact) mass is 390 g/mol. The number of H-pyrrole nitrogens is 1. The Labute approximate surface area is 155 Å². The summed E-state index contributed by atoms with van der Waals surface area (Å²) in [4.78, 5) is 3.20. The smallest absolute Gasteiger partial charge is 0.264 e. The topological polar surface area (TPSA) is 119 Å². The van der Waals surface area contributed by atoms with Crippen molar-refractivity contribution < 1.29 is 22.3 Å². The predicted molar refractivity (Wildman–Crippen MR) is 94.9 cm³/mol. The average molecular weight is 390 g/mol. The first-order valence-electron chi connectivity index (χ1n) is 8.23. The predicted octanol–water partition coefficient (Wildman–Crippen LogP) is 2.20. The number of benzene rings is 1. The van der Waals surface area contributed by atoms with Gasteiger partial charge in [0.1, 0.15) is 10.6 Å². The molecule has 27 heavy (non-hydrogen) atoms. The lowest BCUT2D eigenvalue weighted by molar-refractivity contribution is 0.174. The number of hydrogen-bond donors (Lipinski definition) is 2. The van der Waals surface area contributed by atoms with Gasteiger partial charge in [-0.2, -0.15) is 0 Å². The molecular weight excluding hydrogens is 372 g/mol. The first-order valence-corrected chi connectivity index (χ1v) is 9.71. The Morgan fingerprint density at radius 3 is 2.67 bits per heavy atom. The summed E-state index contributed by atoms with van der Waals surface area (Å²) in [6, 6.07) is 5.31. The molecule has 2 N–H and O–H groups in total. The van der Waals surface area contributed by atoms with Crippen LogP contribution in [0.1, 0.15) is 22.7 Å². The maximum Gasteiger partial charge on any atom is 0.264 e. The van der Waals surface area contributed by atoms with E-state index in [0.717, 1.165) is 5.56 Å². The van der Waals surface area contributed by atoms with Crippen molar-refractivity contribution in [1.82, 2.24) is 19.9 Å². The average Bonchev–Trinajstić information content (AvgIpc) is 3.31. The molecule has 4 rings (SSSR count). The molecule has 0 spiro atoms. The number of ether oxygens (including phenoxy) is 2. The van der Waals surface area contributed by atoms with E-state index in [4.69, 9.17) is 13.9 Å². The molecule has 1 aliphatic heterocycles. The summed E-state index contributed by atoms with van der Waals surface area (Å²) < 4.78 is 44.4. The van der Waals surface area contributed by atoms with Crippen LogP contribution in [0.2, 0.25) is 0 Å². The lowest BCUT2D eigenvalue weighted by Crippen LogP contribution is -2.24. The maximum absolute atomic E-state index is 12.9. The van der Waals surface area contributed by atoms with Crippen molar-refractivity contribution in [3.8, 4) is 23.1 Å². The number of fused-ring (bicyclic) bond motifs is 1. The van der Waals surface area contributed by atoms with Gasteiger partial charge >= 0.3 is 0 Å². The Kier molecular flexibility index (Phi) is 4.16. The molecule has 142 valence electrons. The van der Waals surface area contributed by atoms with Gasteiger partial charge in [-0.05, 0) is 37.1 Å². The highest BCUT2D eigenvalue weighted by Crippen LogP contribution is 2.33. The minimum absolute atomic E-state index is 0.123. The van der Waals surface area contributed by atoms with Crippen LogP contribution in [0.25, 0.3) is 11.6 Å². The highest BCUT2D eigenvalue weighted by Gasteiger charge is 2.26. The SMILES string of the molecule is Cc1nnc(-c2[nH]c(C)c(S(=O)(=O)NCc3ccc4c(c3)OCO4)c2C)o1. The van der Waals surface area contributed by atoms with E-state index in [2.05, 4.69) is 19.9 Å². The largest absolute Gasteiger partial charge is 0.454 e. The molecule has 1 aromatic carbocycles. The quantitative estimate of drug-likeness (QED) is 0.685. The van der Waals surface area contributed by atoms with Crippen LogP contribution in [-0.2, 0) is 16.6 Å². The van der Waals surface area contributed by atoms with Crippen LogP contribution in [0.5, 0.6) is 11.5 Å². The standard InChI is InChI=1S/C17H18N4O5S/c1-9-15(17-21-20-11(3)26-17)19-10(2)16(9)27(22,23)18-7-12-4-5-13-14(6-12)25-8-24-13/h4-6,18-19H,7-8H2,1-3H3. The molecule has 0 bridgehead atoms. The number of hydrogen-bond acceptors (Lipinski definition) is 7. The van der Waals surface area contributed by atoms with E-state index in [-0.39, 0.29) is 24.1 Å². The van der Waals surface area contributed by atoms with Crippen molar-refractivity contribution >= 4 is 10.0 Å². The Morgan fingerprint density at radius 1 is 1.15 bits per heavy atom. The Balaban J connectivity index is 1.59. The first kappa shape index (κ1) is 17.6. The van der Waals surface area contributed by atoms with Crippen molar-refractivity contribution in [2.24, 2.45) is 0 Å². The van der Waals surface area contributed by atoms with Crippen molar-refractivity contribution in [2.75, 3.05) is 6.79 Å². The highest BCUT2D eigenvalue weighted by molar-refractivity contribution is 7.89. The molecule has 0 radical (unpaired) electrons. The molecule has 3 aromatic rings. The fourth-order valence-electron chi connectivity index (χ4n) is 3.05. The first-order chi connectivity index (χ1) is 12.8. The second-order valence-electron chi connectivity index (χ2n) is 6.22. The summed E-state index contributed by atoms with van der Waals surface area (Å²) >= 11 is 0. The molecule has 0 fully saturated rings. The number of aromatic amines is 1. The van der Waals surface area contributed by atoms with Gasteiger partial charge in [0.15, 0.2) is 11.5 Å². The number of nitrogens with one attached hydrogen (secondary N) is 2. The van der Waals surface area contributed by atoms with Crippen molar-refractivity contribution in [2.45, 2.75) is 32.2 Å². The van der Waals surface area contributed by atoms with Crippen molar-refractivity contribution in [1.29, 1.82) is 0 Å². The van der Waals surface area contributed by atoms with E-state index in [9.17, 15) is 8.42 Å². The van der Waals surface area contributed by atoms with Crippen LogP contribution >= 0.6 is 0 Å². The minimum atomic E-state index is -3.76. The van der Waals surface area contributed by atoms with E-state index in [1.807, 2.05) is 0 Å². The zero-order chi connectivity index (χ0) is 19.2. The summed E-state index contributed by atoms with van der Waals surface area (Å²) in [6.45, 7) is 5.36. The Hall–Kier alpha value is -2.85. The molecule has 0 amide bonds. The minimum Gasteiger partial charge on any atom is -0.454 e. The van der Waals surface area contributed by atoms with Gasteiger partial charge in [-0.3, -0.25) is 0 Å². The second-order valence-corrected chi connectivity index (χ2v) is 7.92. The highest BCUT2D eigenvalue weighted by atomic mass is 32.2. The third-order valence-corrected chi connectivity index (χ3v) is 5.95. The normalized spacial score (nSPS) is 13.3. The van der Waals surface area contributed by atoms with E-state index in [1.165, 1.54) is 0 Å². The van der Waals surface area contributed by atoms with Crippen LogP contribution in [0.15, 0.2) is 27.5 Å². The molecule has 10 heteroatoms. The summed E-state index contributed by atoms with van der Waals surface area (Å²) in [5.74, 6) is 1.92. The van der Waals surface area contributed by atoms with Gasteiger partial charge in [-0.1, -0.05) is 6.07 Å². The van der Waals surface area contributed by atoms with E-state index < -0.39 is 10.0 Å². The molecule has 0 unspecified atom stereocenters. The Morgan fingerprint density at radius 2 is 1.93 bits per heavy atom. The second kappa shape index (κ2) is 6.39. The zero-order valence-electron chi connectivity index (χ0n) is 15.0. The Bertz CT molecular complexity index is 1120. The molecule has 9 nitrogen and oxygen atoms in total. The van der Waals surface area contributed by atoms with Crippen LogP contribution in [0, 0.1) is 20.8 Å². The summed E-state index contributed by atoms with van der Waals surface area (Å²) in [5, 5.41) is 7.74. The van der Waals surface area contributed by atoms with Crippen LogP contribution < -0.4 is 14.2 Å². The van der Waals surface area contributed by atoms with E-state index in [0.29, 0.717) is 34.3 Å². The number of nitrogens with zero attached hydrogens (tertiary/aromatic N) is 2. The maximum atomic E-state index is 12.9. The lowest BCUT2D eigenvalue weighted by atomic mass is 10.2. The summed E-state index contributed by atoms with van der Waals surface area (Å²) in [7, 11) is -3.76. The van der Waals surface area contributed by atoms with Gasteiger partial charge in [-0.15, -0.1) is 10.2 Å². The number of aryl methyl sites for hydroxylation is 2. The number of rotatable bonds is 5. The van der Waals surface area contributed by atoms with Gasteiger partial charge < -0.3 is 18.9 Å².